The van der Waals surface area contributed by atoms with E-state index in [0.29, 0.717) is 6.07 Å². The number of benzene rings is 1. The number of thiazole rings is 1. The van der Waals surface area contributed by atoms with Crippen molar-refractivity contribution in [3.8, 4) is 28.0 Å². The van der Waals surface area contributed by atoms with Gasteiger partial charge >= 0.3 is 12.4 Å². The van der Waals surface area contributed by atoms with Crippen molar-refractivity contribution in [1.82, 2.24) is 20.4 Å². The van der Waals surface area contributed by atoms with Crippen LogP contribution in [0.4, 0.5) is 26.3 Å². The molecule has 1 aromatic carbocycles. The van der Waals surface area contributed by atoms with Gasteiger partial charge in [0.05, 0.1) is 11.1 Å². The number of H-pyrrole nitrogens is 1. The van der Waals surface area contributed by atoms with Crippen LogP contribution >= 0.6 is 11.3 Å². The molecule has 0 radical (unpaired) electrons. The minimum absolute atomic E-state index is 0.0375. The average molecular weight is 389 g/mol. The van der Waals surface area contributed by atoms with Crippen LogP contribution in [0.5, 0.6) is 0 Å². The van der Waals surface area contributed by atoms with Crippen LogP contribution in [0.3, 0.4) is 0 Å². The van der Waals surface area contributed by atoms with Crippen LogP contribution in [-0.2, 0) is 12.4 Å². The first kappa shape index (κ1) is 17.9. The smallest absolute Gasteiger partial charge is 0.234 e. The highest BCUT2D eigenvalue weighted by molar-refractivity contribution is 7.13. The summed E-state index contributed by atoms with van der Waals surface area (Å²) in [6, 6.07) is 3.07. The molecule has 12 heteroatoms. The van der Waals surface area contributed by atoms with Crippen molar-refractivity contribution in [3.63, 3.8) is 0 Å². The minimum atomic E-state index is -5.01. The lowest BCUT2D eigenvalue weighted by Crippen LogP contribution is -2.12. The highest BCUT2D eigenvalue weighted by Gasteiger charge is 2.38. The van der Waals surface area contributed by atoms with Gasteiger partial charge in [-0.15, -0.1) is 16.4 Å². The third-order valence-electron chi connectivity index (χ3n) is 3.28. The Hall–Kier alpha value is -2.94. The van der Waals surface area contributed by atoms with Crippen LogP contribution in [0.2, 0.25) is 0 Å². The largest absolute Gasteiger partial charge is 0.417 e. The van der Waals surface area contributed by atoms with Crippen LogP contribution in [-0.4, -0.2) is 20.4 Å². The second-order valence-corrected chi connectivity index (χ2v) is 5.78. The summed E-state index contributed by atoms with van der Waals surface area (Å²) in [5, 5.41) is 19.5. The van der Waals surface area contributed by atoms with Crippen molar-refractivity contribution in [2.75, 3.05) is 0 Å². The number of nitrogens with zero attached hydrogens (tertiary/aromatic N) is 4. The number of hydrogen-bond acceptors (Lipinski definition) is 5. The summed E-state index contributed by atoms with van der Waals surface area (Å²) >= 11 is 0.780. The maximum Gasteiger partial charge on any atom is 0.417 e. The lowest BCUT2D eigenvalue weighted by atomic mass is 10.0. The molecule has 0 spiro atoms. The third-order valence-corrected chi connectivity index (χ3v) is 4.16. The van der Waals surface area contributed by atoms with Gasteiger partial charge in [0.1, 0.15) is 22.5 Å². The Kier molecular flexibility index (Phi) is 4.19. The minimum Gasteiger partial charge on any atom is -0.234 e. The molecule has 3 rings (SSSR count). The molecule has 134 valence electrons. The van der Waals surface area contributed by atoms with Gasteiger partial charge in [-0.1, -0.05) is 6.07 Å². The Morgan fingerprint density at radius 2 is 1.77 bits per heavy atom. The molecule has 0 aliphatic heterocycles. The Labute approximate surface area is 144 Å². The number of alkyl halides is 6. The number of aromatic nitrogens is 4. The Bertz CT molecular complexity index is 994. The Morgan fingerprint density at radius 1 is 1.04 bits per heavy atom. The van der Waals surface area contributed by atoms with Gasteiger partial charge in [0.2, 0.25) is 0 Å². The van der Waals surface area contributed by atoms with Gasteiger partial charge in [-0.2, -0.15) is 41.9 Å². The van der Waals surface area contributed by atoms with Crippen molar-refractivity contribution >= 4 is 11.3 Å². The van der Waals surface area contributed by atoms with Crippen LogP contribution in [0.25, 0.3) is 22.0 Å². The molecule has 2 aromatic heterocycles. The molecule has 2 heterocycles. The maximum absolute atomic E-state index is 13.2. The number of nitrogens with one attached hydrogen (secondary N) is 1. The molecular weight excluding hydrogens is 384 g/mol. The summed E-state index contributed by atoms with van der Waals surface area (Å²) in [5.74, 6) is 0. The van der Waals surface area contributed by atoms with Gasteiger partial charge in [0, 0.05) is 10.9 Å². The molecule has 0 aliphatic carbocycles. The number of nitriles is 1. The second kappa shape index (κ2) is 6.10. The highest BCUT2D eigenvalue weighted by Crippen LogP contribution is 2.42. The van der Waals surface area contributed by atoms with E-state index in [1.165, 1.54) is 5.38 Å². The maximum atomic E-state index is 13.2. The molecule has 0 saturated heterocycles. The van der Waals surface area contributed by atoms with Crippen molar-refractivity contribution in [2.45, 2.75) is 12.4 Å². The van der Waals surface area contributed by atoms with Crippen LogP contribution in [0.1, 0.15) is 16.8 Å². The molecule has 0 amide bonds. The van der Waals surface area contributed by atoms with Gasteiger partial charge in [-0.3, -0.25) is 0 Å². The van der Waals surface area contributed by atoms with E-state index in [1.807, 2.05) is 0 Å². The molecule has 3 aromatic rings. The van der Waals surface area contributed by atoms with Gasteiger partial charge < -0.3 is 0 Å². The van der Waals surface area contributed by atoms with Crippen LogP contribution < -0.4 is 0 Å². The highest BCUT2D eigenvalue weighted by atomic mass is 32.1. The van der Waals surface area contributed by atoms with E-state index >= 15 is 0 Å². The van der Waals surface area contributed by atoms with Crippen molar-refractivity contribution < 1.29 is 26.3 Å². The standard InChI is InChI=1S/C14H5F6N5S/c15-13(16,17)6-1-2-7(8(3-6)14(18,19)20)12-22-10(5-26-12)11-9(4-21)23-25-24-11/h1-3,5H,(H,23,24,25). The third kappa shape index (κ3) is 3.25. The van der Waals surface area contributed by atoms with Gasteiger partial charge in [0.15, 0.2) is 5.69 Å². The van der Waals surface area contributed by atoms with Crippen molar-refractivity contribution in [2.24, 2.45) is 0 Å². The zero-order valence-corrected chi connectivity index (χ0v) is 13.1. The SMILES string of the molecule is N#Cc1n[nH]nc1-c1csc(-c2ccc(C(F)(F)F)cc2C(F)(F)F)n1. The quantitative estimate of drug-likeness (QED) is 0.655. The second-order valence-electron chi connectivity index (χ2n) is 4.93. The first-order valence-electron chi connectivity index (χ1n) is 6.67. The fourth-order valence-corrected chi connectivity index (χ4v) is 2.98. The molecule has 5 nitrogen and oxygen atoms in total. The van der Waals surface area contributed by atoms with Gasteiger partial charge in [0.25, 0.3) is 0 Å². The van der Waals surface area contributed by atoms with Gasteiger partial charge in [-0.05, 0) is 12.1 Å². The molecular formula is C14H5F6N5S. The number of hydrogen-bond donors (Lipinski definition) is 1. The van der Waals surface area contributed by atoms with E-state index in [0.717, 1.165) is 17.4 Å². The summed E-state index contributed by atoms with van der Waals surface area (Å²) in [6.45, 7) is 0. The predicted molar refractivity (Wildman–Crippen MR) is 77.6 cm³/mol. The van der Waals surface area contributed by atoms with E-state index in [-0.39, 0.29) is 28.2 Å². The molecule has 0 aliphatic rings. The summed E-state index contributed by atoms with van der Waals surface area (Å²) in [4.78, 5) is 3.96. The Balaban J connectivity index is 2.12. The lowest BCUT2D eigenvalue weighted by molar-refractivity contribution is -0.142. The fraction of sp³-hybridized carbons (Fsp3) is 0.143. The van der Waals surface area contributed by atoms with Crippen LogP contribution in [0.15, 0.2) is 23.6 Å². The first-order chi connectivity index (χ1) is 12.1. The normalized spacial score (nSPS) is 12.2. The molecule has 26 heavy (non-hydrogen) atoms. The van der Waals surface area contributed by atoms with Crippen molar-refractivity contribution in [1.29, 1.82) is 5.26 Å². The van der Waals surface area contributed by atoms with E-state index < -0.39 is 29.0 Å². The van der Waals surface area contributed by atoms with Gasteiger partial charge in [-0.25, -0.2) is 4.98 Å². The monoisotopic (exact) mass is 389 g/mol. The molecule has 0 unspecified atom stereocenters. The lowest BCUT2D eigenvalue weighted by Gasteiger charge is -2.14. The summed E-state index contributed by atoms with van der Waals surface area (Å²) < 4.78 is 77.9. The molecule has 0 fully saturated rings. The summed E-state index contributed by atoms with van der Waals surface area (Å²) in [5.41, 5.74) is -3.34. The molecule has 1 N–H and O–H groups in total. The number of rotatable bonds is 2. The topological polar surface area (TPSA) is 78.2 Å². The van der Waals surface area contributed by atoms with Crippen LogP contribution in [0, 0.1) is 11.3 Å². The number of aromatic amines is 1. The Morgan fingerprint density at radius 3 is 2.38 bits per heavy atom. The van der Waals surface area contributed by atoms with E-state index in [4.69, 9.17) is 5.26 Å². The van der Waals surface area contributed by atoms with Crippen molar-refractivity contribution in [3.05, 3.63) is 40.4 Å². The molecule has 0 atom stereocenters. The average Bonchev–Trinajstić information content (AvgIpc) is 3.21. The number of halogens is 6. The zero-order valence-electron chi connectivity index (χ0n) is 12.3. The summed E-state index contributed by atoms with van der Waals surface area (Å²) in [6.07, 6.45) is -9.91. The molecule has 0 saturated carbocycles. The first-order valence-corrected chi connectivity index (χ1v) is 7.55. The fourth-order valence-electron chi connectivity index (χ4n) is 2.14. The molecule has 0 bridgehead atoms. The van der Waals surface area contributed by atoms with E-state index in [2.05, 4.69) is 20.4 Å². The predicted octanol–water partition coefficient (Wildman–Crippen LogP) is 4.50. The summed E-state index contributed by atoms with van der Waals surface area (Å²) in [7, 11) is 0. The van der Waals surface area contributed by atoms with E-state index in [1.54, 1.807) is 6.07 Å². The zero-order chi connectivity index (χ0) is 19.1. The van der Waals surface area contributed by atoms with E-state index in [9.17, 15) is 26.3 Å².